The molecule has 0 unspecified atom stereocenters. The molecule has 0 aliphatic rings. The maximum absolute atomic E-state index is 12.6. The summed E-state index contributed by atoms with van der Waals surface area (Å²) < 4.78 is 1.34. The smallest absolute Gasteiger partial charge is 0.543 e. The van der Waals surface area contributed by atoms with Crippen molar-refractivity contribution in [3.05, 3.63) is 82.3 Å². The van der Waals surface area contributed by atoms with Gasteiger partial charge in [-0.3, -0.25) is 9.89 Å². The number of nitrogens with one attached hydrogen (secondary N) is 1. The van der Waals surface area contributed by atoms with E-state index in [0.29, 0.717) is 11.4 Å². The first kappa shape index (κ1) is 19.9. The van der Waals surface area contributed by atoms with E-state index in [-0.39, 0.29) is 47.4 Å². The first-order valence-electron chi connectivity index (χ1n) is 7.76. The Balaban J connectivity index is 0.00000243. The monoisotopic (exact) mass is 357 g/mol. The molecule has 3 rings (SSSR count). The van der Waals surface area contributed by atoms with Crippen LogP contribution in [0.1, 0.15) is 11.3 Å². The number of para-hydroxylation sites is 1. The fourth-order valence-corrected chi connectivity index (χ4v) is 2.51. The van der Waals surface area contributed by atoms with Gasteiger partial charge >= 0.3 is 29.6 Å². The number of hydrogen-bond acceptors (Lipinski definition) is 4. The Morgan fingerprint density at radius 2 is 1.65 bits per heavy atom. The first-order chi connectivity index (χ1) is 12.1. The summed E-state index contributed by atoms with van der Waals surface area (Å²) in [5.41, 5.74) is 1.39. The molecule has 0 fully saturated rings. The van der Waals surface area contributed by atoms with Gasteiger partial charge in [0, 0.05) is 6.42 Å². The van der Waals surface area contributed by atoms with Crippen molar-refractivity contribution < 1.29 is 39.5 Å². The SMILES string of the molecule is Cc1[nH]n(-c2ccccc2)c(=O)c1N=C(Cc1ccccc1)C(=O)[O-].[Na+]. The summed E-state index contributed by atoms with van der Waals surface area (Å²) in [6, 6.07) is 18.1. The summed E-state index contributed by atoms with van der Waals surface area (Å²) in [4.78, 5) is 28.1. The van der Waals surface area contributed by atoms with Gasteiger partial charge in [-0.05, 0) is 24.6 Å². The van der Waals surface area contributed by atoms with Crippen molar-refractivity contribution in [3.63, 3.8) is 0 Å². The maximum atomic E-state index is 12.6. The molecule has 0 saturated carbocycles. The molecule has 0 bridgehead atoms. The minimum Gasteiger partial charge on any atom is -0.543 e. The van der Waals surface area contributed by atoms with Gasteiger partial charge in [0.2, 0.25) is 0 Å². The number of hydrogen-bond donors (Lipinski definition) is 1. The third-order valence-electron chi connectivity index (χ3n) is 3.75. The molecule has 2 aromatic carbocycles. The number of carbonyl (C=O) groups is 1. The normalized spacial score (nSPS) is 11.0. The van der Waals surface area contributed by atoms with Crippen LogP contribution in [0, 0.1) is 6.92 Å². The number of nitrogens with zero attached hydrogens (tertiary/aromatic N) is 2. The second-order valence-electron chi connectivity index (χ2n) is 5.57. The van der Waals surface area contributed by atoms with Gasteiger partial charge in [-0.2, -0.15) is 0 Å². The largest absolute Gasteiger partial charge is 1.00 e. The fraction of sp³-hybridized carbons (Fsp3) is 0.105. The molecule has 0 spiro atoms. The van der Waals surface area contributed by atoms with Crippen LogP contribution in [0.3, 0.4) is 0 Å². The summed E-state index contributed by atoms with van der Waals surface area (Å²) in [7, 11) is 0. The summed E-state index contributed by atoms with van der Waals surface area (Å²) in [6.07, 6.45) is 0.0819. The van der Waals surface area contributed by atoms with E-state index in [1.54, 1.807) is 31.2 Å². The van der Waals surface area contributed by atoms with Gasteiger partial charge in [-0.1, -0.05) is 48.5 Å². The molecular weight excluding hydrogens is 341 g/mol. The van der Waals surface area contributed by atoms with Crippen molar-refractivity contribution in [2.24, 2.45) is 4.99 Å². The van der Waals surface area contributed by atoms with Crippen LogP contribution in [0.25, 0.3) is 5.69 Å². The summed E-state index contributed by atoms with van der Waals surface area (Å²) in [5, 5.41) is 14.4. The Hall–Kier alpha value is -2.41. The van der Waals surface area contributed by atoms with Crippen LogP contribution >= 0.6 is 0 Å². The average Bonchev–Trinajstić information content (AvgIpc) is 2.91. The van der Waals surface area contributed by atoms with Crippen LogP contribution in [-0.4, -0.2) is 21.5 Å². The molecule has 0 saturated heterocycles. The molecule has 126 valence electrons. The molecule has 0 amide bonds. The zero-order valence-electron chi connectivity index (χ0n) is 14.6. The molecule has 0 aliphatic carbocycles. The predicted octanol–water partition coefficient (Wildman–Crippen LogP) is -1.46. The molecule has 0 radical (unpaired) electrons. The summed E-state index contributed by atoms with van der Waals surface area (Å²) in [6.45, 7) is 1.68. The number of H-pyrrole nitrogens is 1. The van der Waals surface area contributed by atoms with E-state index in [2.05, 4.69) is 10.1 Å². The molecule has 1 aromatic heterocycles. The average molecular weight is 357 g/mol. The Morgan fingerprint density at radius 1 is 1.08 bits per heavy atom. The van der Waals surface area contributed by atoms with Crippen molar-refractivity contribution in [1.29, 1.82) is 0 Å². The number of carboxylic acid groups (broad SMARTS) is 1. The van der Waals surface area contributed by atoms with Gasteiger partial charge < -0.3 is 9.90 Å². The van der Waals surface area contributed by atoms with Crippen LogP contribution in [-0.2, 0) is 11.2 Å². The summed E-state index contributed by atoms with van der Waals surface area (Å²) in [5.74, 6) is -1.39. The molecule has 0 aliphatic heterocycles. The van der Waals surface area contributed by atoms with Crippen molar-refractivity contribution in [2.45, 2.75) is 13.3 Å². The first-order valence-corrected chi connectivity index (χ1v) is 7.76. The van der Waals surface area contributed by atoms with Crippen LogP contribution in [0.2, 0.25) is 0 Å². The number of aliphatic imine (C=N–C) groups is 1. The Labute approximate surface area is 172 Å². The van der Waals surface area contributed by atoms with Gasteiger partial charge in [-0.15, -0.1) is 0 Å². The molecular formula is C19H16N3NaO3. The van der Waals surface area contributed by atoms with Gasteiger partial charge in [0.05, 0.1) is 23.1 Å². The number of aliphatic carboxylic acids is 1. The van der Waals surface area contributed by atoms with E-state index >= 15 is 0 Å². The van der Waals surface area contributed by atoms with Gasteiger partial charge in [-0.25, -0.2) is 9.67 Å². The maximum Gasteiger partial charge on any atom is 1.00 e. The standard InChI is InChI=1S/C19H17N3O3.Na/c1-13-17(18(23)22(21-13)15-10-6-3-7-11-15)20-16(19(24)25)12-14-8-4-2-5-9-14;/h2-11,21H,12H2,1H3,(H,24,25);/q;+1/p-1. The van der Waals surface area contributed by atoms with Gasteiger partial charge in [0.15, 0.2) is 5.69 Å². The Kier molecular flexibility index (Phi) is 6.74. The second-order valence-corrected chi connectivity index (χ2v) is 5.57. The molecule has 3 aromatic rings. The molecule has 0 atom stereocenters. The van der Waals surface area contributed by atoms with Crippen LogP contribution in [0.5, 0.6) is 0 Å². The Bertz CT molecular complexity index is 976. The number of aromatic amines is 1. The molecule has 1 heterocycles. The van der Waals surface area contributed by atoms with Gasteiger partial charge in [0.25, 0.3) is 5.56 Å². The number of carbonyl (C=O) groups excluding carboxylic acids is 1. The minimum absolute atomic E-state index is 0. The van der Waals surface area contributed by atoms with Crippen LogP contribution in [0.15, 0.2) is 70.5 Å². The zero-order valence-corrected chi connectivity index (χ0v) is 16.6. The quantitative estimate of drug-likeness (QED) is 0.447. The minimum atomic E-state index is -1.39. The van der Waals surface area contributed by atoms with E-state index in [0.717, 1.165) is 5.56 Å². The van der Waals surface area contributed by atoms with E-state index in [4.69, 9.17) is 0 Å². The molecule has 7 heteroatoms. The van der Waals surface area contributed by atoms with Crippen molar-refractivity contribution in [3.8, 4) is 5.69 Å². The molecule has 1 N–H and O–H groups in total. The third kappa shape index (κ3) is 4.40. The van der Waals surface area contributed by atoms with E-state index in [9.17, 15) is 14.7 Å². The predicted molar refractivity (Wildman–Crippen MR) is 93.4 cm³/mol. The number of rotatable bonds is 5. The van der Waals surface area contributed by atoms with Crippen LogP contribution < -0.4 is 40.2 Å². The zero-order chi connectivity index (χ0) is 17.8. The topological polar surface area (TPSA) is 90.3 Å². The number of carboxylic acids is 1. The molecule has 6 nitrogen and oxygen atoms in total. The number of aromatic nitrogens is 2. The Morgan fingerprint density at radius 3 is 2.23 bits per heavy atom. The number of aryl methyl sites for hydroxylation is 1. The fourth-order valence-electron chi connectivity index (χ4n) is 2.51. The van der Waals surface area contributed by atoms with E-state index < -0.39 is 11.5 Å². The van der Waals surface area contributed by atoms with Gasteiger partial charge in [0.1, 0.15) is 0 Å². The van der Waals surface area contributed by atoms with Crippen molar-refractivity contribution in [2.75, 3.05) is 0 Å². The van der Waals surface area contributed by atoms with E-state index in [1.807, 2.05) is 36.4 Å². The van der Waals surface area contributed by atoms with Crippen molar-refractivity contribution in [1.82, 2.24) is 9.78 Å². The van der Waals surface area contributed by atoms with Crippen molar-refractivity contribution >= 4 is 17.4 Å². The number of benzene rings is 2. The van der Waals surface area contributed by atoms with E-state index in [1.165, 1.54) is 4.68 Å². The third-order valence-corrected chi connectivity index (χ3v) is 3.75. The van der Waals surface area contributed by atoms with Crippen LogP contribution in [0.4, 0.5) is 5.69 Å². The second kappa shape index (κ2) is 8.80. The summed E-state index contributed by atoms with van der Waals surface area (Å²) >= 11 is 0. The molecule has 26 heavy (non-hydrogen) atoms.